The molecular formula is C4H5FO3. The third-order valence-corrected chi connectivity index (χ3v) is 0.959. The first-order valence-electron chi connectivity index (χ1n) is 2.20. The Morgan fingerprint density at radius 2 is 2.50 bits per heavy atom. The number of hydrogen-bond donors (Lipinski definition) is 1. The quantitative estimate of drug-likeness (QED) is 0.427. The molecule has 4 heteroatoms. The van der Waals surface area contributed by atoms with Gasteiger partial charge in [-0.2, -0.15) is 0 Å². The molecule has 8 heavy (non-hydrogen) atoms. The maximum Gasteiger partial charge on any atom is 0.343 e. The highest BCUT2D eigenvalue weighted by molar-refractivity contribution is 5.77. The van der Waals surface area contributed by atoms with Crippen LogP contribution in [0.25, 0.3) is 0 Å². The number of carbonyl (C=O) groups is 1. The number of ether oxygens (including phenoxy) is 1. The number of alkyl halides is 1. The van der Waals surface area contributed by atoms with Gasteiger partial charge in [0.1, 0.15) is 12.7 Å². The van der Waals surface area contributed by atoms with Crippen LogP contribution in [0.15, 0.2) is 0 Å². The maximum absolute atomic E-state index is 12.0. The van der Waals surface area contributed by atoms with Crippen LogP contribution in [0.3, 0.4) is 0 Å². The average molecular weight is 120 g/mol. The fraction of sp³-hybridized carbons (Fsp3) is 0.750. The van der Waals surface area contributed by atoms with Crippen LogP contribution >= 0.6 is 0 Å². The van der Waals surface area contributed by atoms with E-state index < -0.39 is 18.2 Å². The van der Waals surface area contributed by atoms with E-state index >= 15 is 0 Å². The number of esters is 1. The molecule has 1 aliphatic rings. The molecule has 1 rings (SSSR count). The molecule has 1 N–H and O–H groups in total. The topological polar surface area (TPSA) is 46.5 Å². The average Bonchev–Trinajstić information content (AvgIpc) is 1.98. The highest BCUT2D eigenvalue weighted by atomic mass is 19.1. The van der Waals surface area contributed by atoms with Crippen molar-refractivity contribution in [2.24, 2.45) is 0 Å². The van der Waals surface area contributed by atoms with Crippen LogP contribution in [0.1, 0.15) is 0 Å². The van der Waals surface area contributed by atoms with Gasteiger partial charge in [0, 0.05) is 0 Å². The van der Waals surface area contributed by atoms with Crippen LogP contribution in [0, 0.1) is 0 Å². The second kappa shape index (κ2) is 1.70. The Balaban J connectivity index is 2.56. The van der Waals surface area contributed by atoms with Crippen LogP contribution in [-0.4, -0.2) is 30.0 Å². The van der Waals surface area contributed by atoms with Crippen LogP contribution in [0.4, 0.5) is 4.39 Å². The summed E-state index contributed by atoms with van der Waals surface area (Å²) >= 11 is 0. The molecule has 1 fully saturated rings. The molecule has 0 spiro atoms. The van der Waals surface area contributed by atoms with Gasteiger partial charge in [-0.1, -0.05) is 0 Å². The summed E-state index contributed by atoms with van der Waals surface area (Å²) in [5.41, 5.74) is 0. The molecule has 0 radical (unpaired) electrons. The first-order valence-corrected chi connectivity index (χ1v) is 2.20. The Morgan fingerprint density at radius 1 is 1.88 bits per heavy atom. The SMILES string of the molecule is O=C1OCC(O)C1F. The molecule has 0 aromatic carbocycles. The van der Waals surface area contributed by atoms with Gasteiger partial charge in [0.2, 0.25) is 6.17 Å². The second-order valence-corrected chi connectivity index (χ2v) is 1.60. The highest BCUT2D eigenvalue weighted by Gasteiger charge is 2.35. The van der Waals surface area contributed by atoms with Gasteiger partial charge in [0.25, 0.3) is 0 Å². The van der Waals surface area contributed by atoms with Crippen molar-refractivity contribution in [3.8, 4) is 0 Å². The van der Waals surface area contributed by atoms with Crippen molar-refractivity contribution < 1.29 is 19.0 Å². The van der Waals surface area contributed by atoms with E-state index in [-0.39, 0.29) is 6.61 Å². The summed E-state index contributed by atoms with van der Waals surface area (Å²) in [5.74, 6) is -0.961. The van der Waals surface area contributed by atoms with Crippen molar-refractivity contribution in [3.63, 3.8) is 0 Å². The van der Waals surface area contributed by atoms with Crippen molar-refractivity contribution in [2.45, 2.75) is 12.3 Å². The predicted octanol–water partition coefficient (Wildman–Crippen LogP) is -0.758. The number of rotatable bonds is 0. The molecule has 0 bridgehead atoms. The van der Waals surface area contributed by atoms with Crippen molar-refractivity contribution in [1.82, 2.24) is 0 Å². The normalized spacial score (nSPS) is 37.5. The van der Waals surface area contributed by atoms with Crippen molar-refractivity contribution >= 4 is 5.97 Å². The minimum Gasteiger partial charge on any atom is -0.461 e. The summed E-state index contributed by atoms with van der Waals surface area (Å²) in [6, 6.07) is 0. The molecule has 0 saturated carbocycles. The van der Waals surface area contributed by atoms with Gasteiger partial charge in [-0.3, -0.25) is 0 Å². The predicted molar refractivity (Wildman–Crippen MR) is 21.9 cm³/mol. The Kier molecular flexibility index (Phi) is 1.17. The first kappa shape index (κ1) is 5.50. The van der Waals surface area contributed by atoms with Gasteiger partial charge < -0.3 is 9.84 Å². The molecule has 0 aromatic rings. The van der Waals surface area contributed by atoms with Gasteiger partial charge in [0.05, 0.1) is 0 Å². The molecule has 1 saturated heterocycles. The lowest BCUT2D eigenvalue weighted by molar-refractivity contribution is -0.142. The van der Waals surface area contributed by atoms with E-state index in [2.05, 4.69) is 4.74 Å². The molecule has 0 aliphatic carbocycles. The molecule has 2 unspecified atom stereocenters. The summed E-state index contributed by atoms with van der Waals surface area (Å²) in [6.07, 6.45) is -3.07. The third-order valence-electron chi connectivity index (χ3n) is 0.959. The van der Waals surface area contributed by atoms with Gasteiger partial charge in [0.15, 0.2) is 0 Å². The molecule has 46 valence electrons. The fourth-order valence-corrected chi connectivity index (χ4v) is 0.489. The summed E-state index contributed by atoms with van der Waals surface area (Å²) in [4.78, 5) is 10.0. The van der Waals surface area contributed by atoms with E-state index in [1.165, 1.54) is 0 Å². The summed E-state index contributed by atoms with van der Waals surface area (Å²) in [7, 11) is 0. The van der Waals surface area contributed by atoms with E-state index in [0.29, 0.717) is 0 Å². The van der Waals surface area contributed by atoms with E-state index in [4.69, 9.17) is 5.11 Å². The van der Waals surface area contributed by atoms with Gasteiger partial charge >= 0.3 is 5.97 Å². The molecule has 1 aliphatic heterocycles. The third kappa shape index (κ3) is 0.667. The maximum atomic E-state index is 12.0. The zero-order valence-corrected chi connectivity index (χ0v) is 4.00. The number of halogens is 1. The molecule has 2 atom stereocenters. The van der Waals surface area contributed by atoms with Gasteiger partial charge in [-0.25, -0.2) is 9.18 Å². The van der Waals surface area contributed by atoms with Gasteiger partial charge in [-0.15, -0.1) is 0 Å². The number of carbonyl (C=O) groups excluding carboxylic acids is 1. The standard InChI is InChI=1S/C4H5FO3/c5-3-2(6)1-8-4(3)7/h2-3,6H,1H2. The van der Waals surface area contributed by atoms with Crippen LogP contribution in [0.2, 0.25) is 0 Å². The summed E-state index contributed by atoms with van der Waals surface area (Å²) in [5, 5.41) is 8.45. The minimum atomic E-state index is -1.82. The number of cyclic esters (lactones) is 1. The van der Waals surface area contributed by atoms with Crippen molar-refractivity contribution in [1.29, 1.82) is 0 Å². The van der Waals surface area contributed by atoms with E-state index in [0.717, 1.165) is 0 Å². The zero-order valence-electron chi connectivity index (χ0n) is 4.00. The van der Waals surface area contributed by atoms with E-state index in [9.17, 15) is 9.18 Å². The summed E-state index contributed by atoms with van der Waals surface area (Å²) in [6.45, 7) is -0.208. The Hall–Kier alpha value is -0.640. The molecule has 0 amide bonds. The minimum absolute atomic E-state index is 0.208. The number of hydrogen-bond acceptors (Lipinski definition) is 3. The summed E-state index contributed by atoms with van der Waals surface area (Å²) < 4.78 is 16.1. The van der Waals surface area contributed by atoms with E-state index in [1.807, 2.05) is 0 Å². The monoisotopic (exact) mass is 120 g/mol. The lowest BCUT2D eigenvalue weighted by Gasteiger charge is -1.94. The van der Waals surface area contributed by atoms with Crippen LogP contribution in [-0.2, 0) is 9.53 Å². The molecule has 1 heterocycles. The number of aliphatic hydroxyl groups is 1. The first-order chi connectivity index (χ1) is 3.72. The lowest BCUT2D eigenvalue weighted by atomic mass is 10.3. The second-order valence-electron chi connectivity index (χ2n) is 1.60. The molecule has 0 aromatic heterocycles. The largest absolute Gasteiger partial charge is 0.461 e. The highest BCUT2D eigenvalue weighted by Crippen LogP contribution is 2.09. The lowest BCUT2D eigenvalue weighted by Crippen LogP contribution is -2.21. The molecule has 3 nitrogen and oxygen atoms in total. The van der Waals surface area contributed by atoms with E-state index in [1.54, 1.807) is 0 Å². The Morgan fingerprint density at radius 3 is 2.62 bits per heavy atom. The van der Waals surface area contributed by atoms with Crippen molar-refractivity contribution in [3.05, 3.63) is 0 Å². The van der Waals surface area contributed by atoms with Crippen molar-refractivity contribution in [2.75, 3.05) is 6.61 Å². The Labute approximate surface area is 45.1 Å². The zero-order chi connectivity index (χ0) is 6.15. The Bertz CT molecular complexity index is 114. The molecular weight excluding hydrogens is 115 g/mol. The fourth-order valence-electron chi connectivity index (χ4n) is 0.489. The smallest absolute Gasteiger partial charge is 0.343 e. The van der Waals surface area contributed by atoms with Crippen LogP contribution < -0.4 is 0 Å². The number of aliphatic hydroxyl groups excluding tert-OH is 1. The van der Waals surface area contributed by atoms with Gasteiger partial charge in [-0.05, 0) is 0 Å². The van der Waals surface area contributed by atoms with Crippen LogP contribution in [0.5, 0.6) is 0 Å².